The Morgan fingerprint density at radius 1 is 1.02 bits per heavy atom. The van der Waals surface area contributed by atoms with Gasteiger partial charge >= 0.3 is 5.97 Å². The fourth-order valence-corrected chi connectivity index (χ4v) is 12.7. The van der Waals surface area contributed by atoms with E-state index >= 15 is 0 Å². The summed E-state index contributed by atoms with van der Waals surface area (Å²) in [4.78, 5) is 15.0. The number of aromatic amines is 1. The summed E-state index contributed by atoms with van der Waals surface area (Å²) in [6.45, 7) is 17.3. The molecule has 1 aromatic heterocycles. The first kappa shape index (κ1) is 30.9. The molecule has 244 valence electrons. The number of nitrogen functional groups attached to an aromatic ring is 1. The van der Waals surface area contributed by atoms with Crippen molar-refractivity contribution in [2.24, 2.45) is 51.2 Å². The third-order valence-corrected chi connectivity index (χ3v) is 14.8. The molecule has 3 fully saturated rings. The number of hydrogen-bond donors (Lipinski definition) is 3. The number of carboxylic acid groups (broad SMARTS) is 1. The lowest BCUT2D eigenvalue weighted by atomic mass is 9.33. The van der Waals surface area contributed by atoms with E-state index in [1.807, 2.05) is 0 Å². The maximum atomic E-state index is 12.8. The van der Waals surface area contributed by atoms with E-state index < -0.39 is 5.97 Å². The van der Waals surface area contributed by atoms with Crippen LogP contribution >= 0.6 is 0 Å². The number of carbonyl (C=O) groups is 1. The lowest BCUT2D eigenvalue weighted by molar-refractivity contribution is -0.161. The summed E-state index contributed by atoms with van der Waals surface area (Å²) < 4.78 is 0. The zero-order chi connectivity index (χ0) is 32.5. The Kier molecular flexibility index (Phi) is 6.61. The van der Waals surface area contributed by atoms with Crippen molar-refractivity contribution in [2.45, 2.75) is 105 Å². The van der Waals surface area contributed by atoms with Crippen LogP contribution in [0, 0.1) is 51.2 Å². The second-order valence-electron chi connectivity index (χ2n) is 18.1. The van der Waals surface area contributed by atoms with Gasteiger partial charge in [-0.3, -0.25) is 9.89 Å². The lowest BCUT2D eigenvalue weighted by Gasteiger charge is -2.70. The van der Waals surface area contributed by atoms with Crippen molar-refractivity contribution in [3.05, 3.63) is 46.7 Å². The number of aliphatic carboxylic acids is 1. The van der Waals surface area contributed by atoms with Gasteiger partial charge in [0.25, 0.3) is 0 Å². The van der Waals surface area contributed by atoms with Gasteiger partial charge in [-0.05, 0) is 120 Å². The zero-order valence-corrected chi connectivity index (χ0v) is 29.2. The molecule has 0 bridgehead atoms. The molecule has 0 amide bonds. The predicted molar refractivity (Wildman–Crippen MR) is 183 cm³/mol. The molecule has 7 rings (SSSR count). The Balaban J connectivity index is 1.47. The zero-order valence-electron chi connectivity index (χ0n) is 29.2. The number of nitrogens with two attached hydrogens (primary N) is 1. The lowest BCUT2D eigenvalue weighted by Crippen LogP contribution is -2.64. The number of rotatable bonds is 3. The Hall–Kier alpha value is -2.76. The molecular formula is C39H56N4O2. The number of carboxylic acids is 1. The largest absolute Gasteiger partial charge is 0.481 e. The molecule has 0 aliphatic heterocycles. The Morgan fingerprint density at radius 3 is 2.44 bits per heavy atom. The Bertz CT molecular complexity index is 1580. The molecule has 3 unspecified atom stereocenters. The van der Waals surface area contributed by atoms with Crippen LogP contribution in [0.25, 0.3) is 5.57 Å². The van der Waals surface area contributed by atoms with Crippen molar-refractivity contribution in [2.75, 3.05) is 24.7 Å². The highest BCUT2D eigenvalue weighted by molar-refractivity contribution is 5.76. The fourth-order valence-electron chi connectivity index (χ4n) is 12.7. The number of H-pyrrole nitrogens is 1. The minimum Gasteiger partial charge on any atom is -0.481 e. The molecule has 3 saturated carbocycles. The van der Waals surface area contributed by atoms with E-state index in [4.69, 9.17) is 5.73 Å². The van der Waals surface area contributed by atoms with E-state index in [0.717, 1.165) is 38.5 Å². The normalized spacial score (nSPS) is 39.5. The van der Waals surface area contributed by atoms with Gasteiger partial charge in [0.05, 0.1) is 5.92 Å². The quantitative estimate of drug-likeness (QED) is 0.324. The average molecular weight is 613 g/mol. The van der Waals surface area contributed by atoms with Gasteiger partial charge in [0.1, 0.15) is 5.82 Å². The summed E-state index contributed by atoms with van der Waals surface area (Å²) in [5.74, 6) is 1.31. The van der Waals surface area contributed by atoms with E-state index in [0.29, 0.717) is 23.6 Å². The van der Waals surface area contributed by atoms with Crippen molar-refractivity contribution in [3.8, 4) is 0 Å². The molecule has 4 N–H and O–H groups in total. The molecule has 6 heteroatoms. The van der Waals surface area contributed by atoms with Crippen molar-refractivity contribution >= 4 is 23.0 Å². The van der Waals surface area contributed by atoms with Gasteiger partial charge in [0.2, 0.25) is 0 Å². The second kappa shape index (κ2) is 9.64. The monoisotopic (exact) mass is 612 g/mol. The van der Waals surface area contributed by atoms with Crippen LogP contribution in [0.3, 0.4) is 0 Å². The number of aromatic nitrogens is 2. The SMILES string of the molecule is CN(C)c1cccc(C2=C3C4CC(C)(C)C[C@@H](C(=O)O)[C@H]4CC[C@@]3(C)[C@]3(C)CCC4C(C)(C)c5[nH]nc(N)c5C[C@]4(C)C3C2)c1. The maximum Gasteiger partial charge on any atom is 0.306 e. The summed E-state index contributed by atoms with van der Waals surface area (Å²) in [7, 11) is 4.25. The summed E-state index contributed by atoms with van der Waals surface area (Å²) >= 11 is 0. The van der Waals surface area contributed by atoms with E-state index in [-0.39, 0.29) is 38.9 Å². The van der Waals surface area contributed by atoms with E-state index in [1.54, 1.807) is 5.57 Å². The van der Waals surface area contributed by atoms with Gasteiger partial charge in [0.15, 0.2) is 0 Å². The average Bonchev–Trinajstić information content (AvgIpc) is 3.32. The first-order chi connectivity index (χ1) is 20.9. The van der Waals surface area contributed by atoms with Crippen LogP contribution in [-0.4, -0.2) is 35.4 Å². The fraction of sp³-hybridized carbons (Fsp3) is 0.692. The van der Waals surface area contributed by atoms with Crippen LogP contribution in [0.4, 0.5) is 11.5 Å². The maximum absolute atomic E-state index is 12.8. The molecule has 0 spiro atoms. The van der Waals surface area contributed by atoms with Crippen LogP contribution in [0.1, 0.15) is 110 Å². The van der Waals surface area contributed by atoms with Crippen LogP contribution in [-0.2, 0) is 16.6 Å². The molecule has 0 saturated heterocycles. The first-order valence-electron chi connectivity index (χ1n) is 17.5. The summed E-state index contributed by atoms with van der Waals surface area (Å²) in [6.07, 6.45) is 8.34. The Morgan fingerprint density at radius 2 is 1.76 bits per heavy atom. The third-order valence-electron chi connectivity index (χ3n) is 14.8. The van der Waals surface area contributed by atoms with Crippen LogP contribution in [0.5, 0.6) is 0 Å². The van der Waals surface area contributed by atoms with Gasteiger partial charge < -0.3 is 15.7 Å². The summed E-state index contributed by atoms with van der Waals surface area (Å²) in [5, 5.41) is 18.5. The molecule has 1 heterocycles. The summed E-state index contributed by atoms with van der Waals surface area (Å²) in [6, 6.07) is 9.17. The number of allylic oxidation sites excluding steroid dienone is 2. The standard InChI is InChI=1S/C39H56N4O2/c1-35(2)19-26-24(27(20-35)34(44)45)13-15-39(7)31(26)25(22-11-10-12-23(17-22)43(8)9)18-30-37(5)21-28-32(41-42-33(28)40)36(3,4)29(37)14-16-38(30,39)6/h10-12,17,24,26-27,29-30H,13-16,18-21H2,1-9H3,(H,44,45)(H3,40,41,42)/t24-,26?,27+,29?,30?,37-,38+,39+/m0/s1. The highest BCUT2D eigenvalue weighted by Gasteiger charge is 2.68. The number of fused-ring (bicyclic) bond motifs is 8. The predicted octanol–water partition coefficient (Wildman–Crippen LogP) is 8.34. The van der Waals surface area contributed by atoms with E-state index in [9.17, 15) is 9.90 Å². The molecule has 5 aliphatic rings. The number of hydrogen-bond acceptors (Lipinski definition) is 4. The van der Waals surface area contributed by atoms with Crippen molar-refractivity contribution < 1.29 is 9.90 Å². The van der Waals surface area contributed by atoms with Crippen molar-refractivity contribution in [3.63, 3.8) is 0 Å². The van der Waals surface area contributed by atoms with Crippen LogP contribution < -0.4 is 10.6 Å². The number of nitrogens with one attached hydrogen (secondary N) is 1. The molecule has 8 atom stereocenters. The molecule has 1 aromatic carbocycles. The minimum atomic E-state index is -0.594. The van der Waals surface area contributed by atoms with Gasteiger partial charge in [-0.25, -0.2) is 0 Å². The summed E-state index contributed by atoms with van der Waals surface area (Å²) in [5.41, 5.74) is 14.9. The molecular weight excluding hydrogens is 556 g/mol. The number of anilines is 2. The topological polar surface area (TPSA) is 95.2 Å². The highest BCUT2D eigenvalue weighted by atomic mass is 16.4. The number of benzene rings is 1. The van der Waals surface area contributed by atoms with Gasteiger partial charge in [-0.2, -0.15) is 5.10 Å². The van der Waals surface area contributed by atoms with Crippen LogP contribution in [0.2, 0.25) is 0 Å². The van der Waals surface area contributed by atoms with Crippen molar-refractivity contribution in [1.29, 1.82) is 0 Å². The van der Waals surface area contributed by atoms with Crippen LogP contribution in [0.15, 0.2) is 29.8 Å². The third kappa shape index (κ3) is 4.11. The molecule has 45 heavy (non-hydrogen) atoms. The first-order valence-corrected chi connectivity index (χ1v) is 17.5. The van der Waals surface area contributed by atoms with E-state index in [2.05, 4.69) is 102 Å². The molecule has 5 aliphatic carbocycles. The Labute approximate surface area is 270 Å². The smallest absolute Gasteiger partial charge is 0.306 e. The van der Waals surface area contributed by atoms with Crippen molar-refractivity contribution in [1.82, 2.24) is 10.2 Å². The minimum absolute atomic E-state index is 0.00263. The molecule has 2 aromatic rings. The second-order valence-corrected chi connectivity index (χ2v) is 18.1. The molecule has 0 radical (unpaired) electrons. The van der Waals surface area contributed by atoms with Gasteiger partial charge in [-0.15, -0.1) is 0 Å². The number of nitrogens with zero attached hydrogens (tertiary/aromatic N) is 2. The highest BCUT2D eigenvalue weighted by Crippen LogP contribution is 2.76. The molecule has 6 nitrogen and oxygen atoms in total. The van der Waals surface area contributed by atoms with E-state index in [1.165, 1.54) is 40.9 Å². The van der Waals surface area contributed by atoms with Gasteiger partial charge in [0, 0.05) is 36.5 Å². The van der Waals surface area contributed by atoms with Gasteiger partial charge in [-0.1, -0.05) is 66.2 Å².